The third-order valence-electron chi connectivity index (χ3n) is 3.63. The number of hydrogen-bond donors (Lipinski definition) is 2. The van der Waals surface area contributed by atoms with E-state index in [9.17, 15) is 0 Å². The summed E-state index contributed by atoms with van der Waals surface area (Å²) in [7, 11) is 0. The number of nitrogens with one attached hydrogen (secondary N) is 1. The minimum absolute atomic E-state index is 0.268. The largest absolute Gasteiger partial charge is 0.398 e. The Balaban J connectivity index is 2.00. The number of nitrogens with zero attached hydrogens (tertiary/aromatic N) is 1. The highest BCUT2D eigenvalue weighted by Crippen LogP contribution is 2.32. The quantitative estimate of drug-likeness (QED) is 0.691. The lowest BCUT2D eigenvalue weighted by atomic mass is 10.1. The number of rotatable bonds is 3. The molecule has 0 radical (unpaired) electrons. The average molecular weight is 297 g/mol. The maximum absolute atomic E-state index is 6.05. The van der Waals surface area contributed by atoms with E-state index in [4.69, 9.17) is 5.73 Å². The van der Waals surface area contributed by atoms with Gasteiger partial charge in [0.05, 0.1) is 6.04 Å². The molecule has 2 aromatic heterocycles. The van der Waals surface area contributed by atoms with Gasteiger partial charge in [0.1, 0.15) is 0 Å². The maximum atomic E-state index is 6.05. The normalized spacial score (nSPS) is 12.5. The second-order valence-corrected chi connectivity index (χ2v) is 6.71. The fourth-order valence-corrected chi connectivity index (χ4v) is 3.36. The van der Waals surface area contributed by atoms with Crippen LogP contribution in [0.2, 0.25) is 0 Å². The number of pyridine rings is 1. The highest BCUT2D eigenvalue weighted by atomic mass is 32.1. The van der Waals surface area contributed by atoms with Crippen LogP contribution in [0.3, 0.4) is 0 Å². The Labute approximate surface area is 128 Å². The molecule has 3 nitrogen and oxygen atoms in total. The number of thiophene rings is 1. The zero-order chi connectivity index (χ0) is 15.0. The van der Waals surface area contributed by atoms with Gasteiger partial charge in [0.15, 0.2) is 0 Å². The van der Waals surface area contributed by atoms with E-state index < -0.39 is 0 Å². The van der Waals surface area contributed by atoms with E-state index in [1.807, 2.05) is 36.6 Å². The van der Waals surface area contributed by atoms with Crippen LogP contribution in [0.4, 0.5) is 11.4 Å². The number of aromatic nitrogens is 1. The fourth-order valence-electron chi connectivity index (χ4n) is 2.48. The van der Waals surface area contributed by atoms with Crippen molar-refractivity contribution in [3.05, 3.63) is 52.0 Å². The van der Waals surface area contributed by atoms with Crippen LogP contribution in [-0.4, -0.2) is 4.98 Å². The molecular formula is C17H19N3S. The Morgan fingerprint density at radius 1 is 1.14 bits per heavy atom. The van der Waals surface area contributed by atoms with Crippen molar-refractivity contribution < 1.29 is 0 Å². The van der Waals surface area contributed by atoms with Crippen molar-refractivity contribution in [3.8, 4) is 0 Å². The molecule has 2 heterocycles. The van der Waals surface area contributed by atoms with Crippen molar-refractivity contribution in [2.45, 2.75) is 26.8 Å². The summed E-state index contributed by atoms with van der Waals surface area (Å²) in [5, 5.41) is 5.72. The summed E-state index contributed by atoms with van der Waals surface area (Å²) < 4.78 is 0. The lowest BCUT2D eigenvalue weighted by Crippen LogP contribution is -2.06. The van der Waals surface area contributed by atoms with Crippen molar-refractivity contribution in [2.75, 3.05) is 11.1 Å². The molecule has 3 rings (SSSR count). The van der Waals surface area contributed by atoms with E-state index >= 15 is 0 Å². The van der Waals surface area contributed by atoms with Gasteiger partial charge in [-0.3, -0.25) is 4.98 Å². The van der Waals surface area contributed by atoms with Crippen LogP contribution in [0.25, 0.3) is 10.8 Å². The summed E-state index contributed by atoms with van der Waals surface area (Å²) in [5.74, 6) is 0. The number of anilines is 2. The van der Waals surface area contributed by atoms with E-state index in [-0.39, 0.29) is 6.04 Å². The predicted octanol–water partition coefficient (Wildman–Crippen LogP) is 4.67. The van der Waals surface area contributed by atoms with Crippen molar-refractivity contribution in [1.29, 1.82) is 0 Å². The number of hydrogen-bond acceptors (Lipinski definition) is 4. The summed E-state index contributed by atoms with van der Waals surface area (Å²) in [6.45, 7) is 6.31. The van der Waals surface area contributed by atoms with Gasteiger partial charge < -0.3 is 11.1 Å². The SMILES string of the molecule is Cc1cc2c(NC(C)c3ccc(C)s3)ccc(N)c2cn1. The van der Waals surface area contributed by atoms with Gasteiger partial charge in [0.2, 0.25) is 0 Å². The van der Waals surface area contributed by atoms with Crippen LogP contribution in [0, 0.1) is 13.8 Å². The third-order valence-corrected chi connectivity index (χ3v) is 4.81. The monoisotopic (exact) mass is 297 g/mol. The molecule has 0 spiro atoms. The zero-order valence-electron chi connectivity index (χ0n) is 12.5. The van der Waals surface area contributed by atoms with Gasteiger partial charge in [-0.15, -0.1) is 11.3 Å². The Bertz CT molecular complexity index is 792. The smallest absolute Gasteiger partial charge is 0.0578 e. The summed E-state index contributed by atoms with van der Waals surface area (Å²) >= 11 is 1.83. The number of fused-ring (bicyclic) bond motifs is 1. The molecule has 0 saturated carbocycles. The van der Waals surface area contributed by atoms with Crippen LogP contribution >= 0.6 is 11.3 Å². The van der Waals surface area contributed by atoms with Crippen LogP contribution < -0.4 is 11.1 Å². The van der Waals surface area contributed by atoms with E-state index in [2.05, 4.69) is 42.3 Å². The van der Waals surface area contributed by atoms with Crippen LogP contribution in [0.15, 0.2) is 36.5 Å². The van der Waals surface area contributed by atoms with Gasteiger partial charge >= 0.3 is 0 Å². The first-order valence-corrected chi connectivity index (χ1v) is 7.84. The Kier molecular flexibility index (Phi) is 3.55. The maximum Gasteiger partial charge on any atom is 0.0578 e. The highest BCUT2D eigenvalue weighted by Gasteiger charge is 2.11. The number of aryl methyl sites for hydroxylation is 2. The standard InChI is InChI=1S/C17H19N3S/c1-10-8-13-14(9-19-10)15(18)5-6-16(13)20-12(3)17-7-4-11(2)21-17/h4-9,12,20H,18H2,1-3H3. The molecular weight excluding hydrogens is 278 g/mol. The first-order valence-electron chi connectivity index (χ1n) is 7.02. The van der Waals surface area contributed by atoms with E-state index in [0.29, 0.717) is 0 Å². The summed E-state index contributed by atoms with van der Waals surface area (Å²) in [6, 6.07) is 10.7. The first kappa shape index (κ1) is 13.9. The van der Waals surface area contributed by atoms with Crippen LogP contribution in [-0.2, 0) is 0 Å². The average Bonchev–Trinajstić information content (AvgIpc) is 2.88. The molecule has 4 heteroatoms. The highest BCUT2D eigenvalue weighted by molar-refractivity contribution is 7.12. The lowest BCUT2D eigenvalue weighted by molar-refractivity contribution is 0.910. The minimum atomic E-state index is 0.268. The van der Waals surface area contributed by atoms with Crippen molar-refractivity contribution >= 4 is 33.5 Å². The zero-order valence-corrected chi connectivity index (χ0v) is 13.3. The number of benzene rings is 1. The molecule has 1 unspecified atom stereocenters. The van der Waals surface area contributed by atoms with E-state index in [1.165, 1.54) is 9.75 Å². The van der Waals surface area contributed by atoms with Crippen molar-refractivity contribution in [2.24, 2.45) is 0 Å². The lowest BCUT2D eigenvalue weighted by Gasteiger charge is -2.16. The molecule has 0 aliphatic rings. The molecule has 0 fully saturated rings. The Morgan fingerprint density at radius 2 is 1.95 bits per heavy atom. The van der Waals surface area contributed by atoms with Gasteiger partial charge in [0, 0.05) is 43.8 Å². The second-order valence-electron chi connectivity index (χ2n) is 5.39. The molecule has 0 bridgehead atoms. The summed E-state index contributed by atoms with van der Waals surface area (Å²) in [6.07, 6.45) is 1.85. The molecule has 0 saturated heterocycles. The van der Waals surface area contributed by atoms with Gasteiger partial charge in [-0.1, -0.05) is 0 Å². The Morgan fingerprint density at radius 3 is 2.67 bits per heavy atom. The molecule has 3 aromatic rings. The predicted molar refractivity (Wildman–Crippen MR) is 92.0 cm³/mol. The van der Waals surface area contributed by atoms with Gasteiger partial charge in [-0.25, -0.2) is 0 Å². The molecule has 21 heavy (non-hydrogen) atoms. The molecule has 0 amide bonds. The van der Waals surface area contributed by atoms with Crippen LogP contribution in [0.1, 0.15) is 28.4 Å². The second kappa shape index (κ2) is 5.37. The van der Waals surface area contributed by atoms with E-state index in [1.54, 1.807) is 0 Å². The molecule has 0 aliphatic carbocycles. The fraction of sp³-hybridized carbons (Fsp3) is 0.235. The number of nitrogens with two attached hydrogens (primary N) is 1. The first-order chi connectivity index (χ1) is 10.0. The minimum Gasteiger partial charge on any atom is -0.398 e. The summed E-state index contributed by atoms with van der Waals surface area (Å²) in [5.41, 5.74) is 8.92. The molecule has 3 N–H and O–H groups in total. The Hall–Kier alpha value is -2.07. The van der Waals surface area contributed by atoms with Crippen LogP contribution in [0.5, 0.6) is 0 Å². The molecule has 0 aliphatic heterocycles. The summed E-state index contributed by atoms with van der Waals surface area (Å²) in [4.78, 5) is 7.01. The molecule has 1 atom stereocenters. The van der Waals surface area contributed by atoms with Gasteiger partial charge in [0.25, 0.3) is 0 Å². The third kappa shape index (κ3) is 2.72. The van der Waals surface area contributed by atoms with Gasteiger partial charge in [-0.05, 0) is 51.1 Å². The van der Waals surface area contributed by atoms with Crippen molar-refractivity contribution in [1.82, 2.24) is 4.98 Å². The number of nitrogen functional groups attached to an aromatic ring is 1. The molecule has 1 aromatic carbocycles. The van der Waals surface area contributed by atoms with Gasteiger partial charge in [-0.2, -0.15) is 0 Å². The van der Waals surface area contributed by atoms with E-state index in [0.717, 1.165) is 27.8 Å². The van der Waals surface area contributed by atoms with Crippen molar-refractivity contribution in [3.63, 3.8) is 0 Å². The topological polar surface area (TPSA) is 50.9 Å². The molecule has 108 valence electrons.